The van der Waals surface area contributed by atoms with Crippen molar-refractivity contribution in [2.45, 2.75) is 99.7 Å². The first kappa shape index (κ1) is 87.3. The minimum absolute atomic E-state index is 0.109. The topological polar surface area (TPSA) is 278 Å². The predicted octanol–water partition coefficient (Wildman–Crippen LogP) is 18.6. The first-order chi connectivity index (χ1) is 55.8. The first-order valence-electron chi connectivity index (χ1n) is 37.6. The molecule has 0 bridgehead atoms. The minimum atomic E-state index is -1.04. The van der Waals surface area contributed by atoms with Crippen molar-refractivity contribution in [3.8, 4) is 79.4 Å². The smallest absolute Gasteiger partial charge is 0.494 e. The van der Waals surface area contributed by atoms with E-state index in [0.29, 0.717) is 54.2 Å². The maximum atomic E-state index is 11.5. The van der Waals surface area contributed by atoms with Crippen molar-refractivity contribution in [3.63, 3.8) is 0 Å². The number of carboxylic acid groups (broad SMARTS) is 1. The van der Waals surface area contributed by atoms with Gasteiger partial charge in [0.25, 0.3) is 0 Å². The van der Waals surface area contributed by atoms with Crippen LogP contribution in [0.3, 0.4) is 0 Å². The third kappa shape index (κ3) is 26.8. The van der Waals surface area contributed by atoms with Gasteiger partial charge >= 0.3 is 19.1 Å². The summed E-state index contributed by atoms with van der Waals surface area (Å²) in [5.74, 6) is 4.86. The van der Waals surface area contributed by atoms with Crippen LogP contribution in [0.15, 0.2) is 248 Å². The number of aliphatic carboxylic acids is 1. The third-order valence-corrected chi connectivity index (χ3v) is 18.9. The Morgan fingerprint density at radius 1 is 0.405 bits per heavy atom. The molecule has 13 rings (SSSR count). The van der Waals surface area contributed by atoms with Gasteiger partial charge in [0.15, 0.2) is 59.2 Å². The number of nitrogens with one attached hydrogen (secondary N) is 4. The van der Waals surface area contributed by atoms with E-state index in [1.54, 1.807) is 75.0 Å². The largest absolute Gasteiger partial charge is 0.504 e. The molecule has 1 saturated heterocycles. The molecule has 0 atom stereocenters. The molecule has 0 radical (unpaired) electrons. The van der Waals surface area contributed by atoms with E-state index in [9.17, 15) is 19.8 Å². The third-order valence-electron chi connectivity index (χ3n) is 18.5. The van der Waals surface area contributed by atoms with Crippen LogP contribution in [0, 0.1) is 27.7 Å². The van der Waals surface area contributed by atoms with Crippen LogP contribution in [0.4, 0.5) is 23.3 Å². The van der Waals surface area contributed by atoms with E-state index >= 15 is 0 Å². The number of hydrogen-bond donors (Lipinski definition) is 7. The summed E-state index contributed by atoms with van der Waals surface area (Å²) in [5.41, 5.74) is 15.6. The molecular formula is C92H100BBrN8O14. The van der Waals surface area contributed by atoms with Crippen molar-refractivity contribution >= 4 is 63.7 Å². The normalized spacial score (nSPS) is 12.0. The Balaban J connectivity index is 0.000000169. The zero-order chi connectivity index (χ0) is 83.2. The molecule has 24 heteroatoms. The Morgan fingerprint density at radius 2 is 0.741 bits per heavy atom. The number of aryl methyl sites for hydroxylation is 4. The Morgan fingerprint density at radius 3 is 1.08 bits per heavy atom. The van der Waals surface area contributed by atoms with Crippen LogP contribution in [0.2, 0.25) is 0 Å². The lowest BCUT2D eigenvalue weighted by Crippen LogP contribution is -2.41. The number of carbonyl (C=O) groups is 2. The van der Waals surface area contributed by atoms with Gasteiger partial charge in [-0.1, -0.05) is 144 Å². The van der Waals surface area contributed by atoms with Gasteiger partial charge < -0.3 is 79.1 Å². The number of halogens is 1. The summed E-state index contributed by atoms with van der Waals surface area (Å²) in [6.07, 6.45) is 7.20. The number of aromatic nitrogens is 4. The zero-order valence-electron chi connectivity index (χ0n) is 67.6. The van der Waals surface area contributed by atoms with E-state index < -0.39 is 25.7 Å². The highest BCUT2D eigenvalue weighted by Gasteiger charge is 2.52. The van der Waals surface area contributed by atoms with Crippen molar-refractivity contribution in [3.05, 3.63) is 292 Å². The Bertz CT molecular complexity index is 5140. The Hall–Kier alpha value is -12.6. The number of aromatic hydroxyl groups is 2. The van der Waals surface area contributed by atoms with Gasteiger partial charge in [0, 0.05) is 72.1 Å². The van der Waals surface area contributed by atoms with Crippen molar-refractivity contribution in [2.75, 3.05) is 69.5 Å². The lowest BCUT2D eigenvalue weighted by atomic mass is 9.79. The maximum Gasteiger partial charge on any atom is 0.494 e. The van der Waals surface area contributed by atoms with Gasteiger partial charge in [0.1, 0.15) is 23.3 Å². The average Bonchev–Trinajstić information content (AvgIpc) is 1.62. The second-order valence-electron chi connectivity index (χ2n) is 27.9. The molecule has 8 aromatic carbocycles. The lowest BCUT2D eigenvalue weighted by Gasteiger charge is -2.32. The van der Waals surface area contributed by atoms with Gasteiger partial charge in [-0.25, -0.2) is 29.5 Å². The van der Waals surface area contributed by atoms with E-state index in [4.69, 9.17) is 47.6 Å². The summed E-state index contributed by atoms with van der Waals surface area (Å²) in [6, 6.07) is 70.5. The highest BCUT2D eigenvalue weighted by molar-refractivity contribution is 9.10. The molecule has 7 N–H and O–H groups in total. The number of carbonyl (C=O) groups excluding carboxylic acids is 1. The van der Waals surface area contributed by atoms with Crippen LogP contribution < -0.4 is 55.2 Å². The second kappa shape index (κ2) is 43.0. The molecule has 5 heterocycles. The Labute approximate surface area is 687 Å². The van der Waals surface area contributed by atoms with Crippen LogP contribution in [-0.4, -0.2) is 114 Å². The standard InChI is InChI=1S/C24H26N2O4.C22H22N2O4.C20H20N2O2.C13H19BO4.C13H13BrN2/c1-4-29-24(27)16-30-21-10-8-19(13-22(21)28-3)20-9-11-23(26-15-20)25-14-18-7-5-6-17(2)12-18;1-15-4-3-5-16(10-15)12-23-21-9-7-18(13-24-21)17-6-8-19(20(11-17)27-2)28-14-22(25)26;1-14-4-3-5-15(10-14)12-21-20-9-7-17(13-22-20)16-6-8-18(23)19(11-16)24-2;1-12(2)13(3,4)18-14(17-12)9-6-7-10(15)11(8-9)16-5;1-10-3-2-4-11(7-10)8-15-13-6-5-12(14)9-16-13/h5-13,15H,4,14,16H2,1-3H3,(H,25,26);3-11,13H,12,14H2,1-2H3,(H,23,24)(H,25,26);3-11,13,23H,12H2,1-2H3,(H,21,22);6-8,15H,1-5H3;2-7,9H,8H2,1H3,(H,15,16). The molecule has 0 amide bonds. The molecule has 4 aromatic heterocycles. The van der Waals surface area contributed by atoms with Crippen molar-refractivity contribution in [1.29, 1.82) is 0 Å². The summed E-state index contributed by atoms with van der Waals surface area (Å²) in [6.45, 7) is 20.8. The van der Waals surface area contributed by atoms with E-state index in [2.05, 4.69) is 176 Å². The number of ether oxygens (including phenoxy) is 7. The fraction of sp³-hybridized carbons (Fsp3) is 0.239. The molecule has 1 fully saturated rings. The van der Waals surface area contributed by atoms with Crippen LogP contribution >= 0.6 is 15.9 Å². The van der Waals surface area contributed by atoms with Crippen molar-refractivity contribution in [1.82, 2.24) is 19.9 Å². The fourth-order valence-electron chi connectivity index (χ4n) is 11.6. The lowest BCUT2D eigenvalue weighted by molar-refractivity contribution is -0.145. The quantitative estimate of drug-likeness (QED) is 0.0186. The predicted molar refractivity (Wildman–Crippen MR) is 462 cm³/mol. The van der Waals surface area contributed by atoms with Gasteiger partial charge in [-0.2, -0.15) is 0 Å². The molecule has 0 aliphatic carbocycles. The number of anilines is 4. The second-order valence-corrected chi connectivity index (χ2v) is 28.9. The van der Waals surface area contributed by atoms with E-state index in [1.165, 1.54) is 65.8 Å². The van der Waals surface area contributed by atoms with Crippen molar-refractivity contribution in [2.24, 2.45) is 0 Å². The van der Waals surface area contributed by atoms with Crippen LogP contribution in [0.1, 0.15) is 79.1 Å². The number of methoxy groups -OCH3 is 4. The molecule has 602 valence electrons. The maximum absolute atomic E-state index is 11.5. The molecule has 116 heavy (non-hydrogen) atoms. The summed E-state index contributed by atoms with van der Waals surface area (Å²) in [7, 11) is 5.69. The molecular weight excluding hydrogens is 1530 g/mol. The number of pyridine rings is 4. The highest BCUT2D eigenvalue weighted by Crippen LogP contribution is 2.39. The van der Waals surface area contributed by atoms with Gasteiger partial charge in [-0.3, -0.25) is 0 Å². The molecule has 0 unspecified atom stereocenters. The van der Waals surface area contributed by atoms with E-state index in [1.807, 2.05) is 119 Å². The summed E-state index contributed by atoms with van der Waals surface area (Å²) in [4.78, 5) is 39.9. The number of nitrogens with zero attached hydrogens (tertiary/aromatic N) is 4. The summed E-state index contributed by atoms with van der Waals surface area (Å²) >= 11 is 3.36. The van der Waals surface area contributed by atoms with Gasteiger partial charge in [-0.05, 0) is 220 Å². The first-order valence-corrected chi connectivity index (χ1v) is 38.4. The average molecular weight is 1630 g/mol. The fourth-order valence-corrected chi connectivity index (χ4v) is 11.9. The van der Waals surface area contributed by atoms with E-state index in [0.717, 1.165) is 79.7 Å². The van der Waals surface area contributed by atoms with Gasteiger partial charge in [-0.15, -0.1) is 0 Å². The molecule has 12 aromatic rings. The van der Waals surface area contributed by atoms with Gasteiger partial charge in [0.2, 0.25) is 0 Å². The Kier molecular flexibility index (Phi) is 32.4. The molecule has 22 nitrogen and oxygen atoms in total. The highest BCUT2D eigenvalue weighted by atomic mass is 79.9. The van der Waals surface area contributed by atoms with Gasteiger partial charge in [0.05, 0.1) is 46.2 Å². The molecule has 1 aliphatic rings. The zero-order valence-corrected chi connectivity index (χ0v) is 69.2. The molecule has 0 spiro atoms. The van der Waals surface area contributed by atoms with Crippen LogP contribution in [0.25, 0.3) is 33.4 Å². The number of rotatable bonds is 27. The van der Waals surface area contributed by atoms with Crippen LogP contribution in [-0.2, 0) is 49.8 Å². The number of benzene rings is 8. The SMILES string of the molecule is CCOC(=O)COc1ccc(-c2ccc(NCc3cccc(C)c3)nc2)cc1OC.COc1cc(-c2ccc(NCc3cccc(C)c3)nc2)ccc1O.COc1cc(-c2ccc(NCc3cccc(C)c3)nc2)ccc1OCC(=O)O.COc1cc(B2OC(C)(C)C(C)(C)O2)ccc1O.Cc1cccc(CNc2ccc(Br)cn2)c1. The summed E-state index contributed by atoms with van der Waals surface area (Å²) < 4.78 is 49.4. The molecule has 0 saturated carbocycles. The van der Waals surface area contributed by atoms with Crippen molar-refractivity contribution < 1.29 is 67.4 Å². The monoisotopic (exact) mass is 1630 g/mol. The number of esters is 1. The number of phenolic OH excluding ortho intramolecular Hbond substituents is 2. The van der Waals surface area contributed by atoms with E-state index in [-0.39, 0.29) is 29.3 Å². The minimum Gasteiger partial charge on any atom is -0.504 e. The molecule has 1 aliphatic heterocycles. The number of phenols is 2. The number of hydrogen-bond acceptors (Lipinski definition) is 21. The van der Waals surface area contributed by atoms with Crippen LogP contribution in [0.5, 0.6) is 46.0 Å². The number of carboxylic acids is 1. The summed E-state index contributed by atoms with van der Waals surface area (Å²) in [5, 5.41) is 41.3.